The Balaban J connectivity index is 1.89. The molecule has 0 unspecified atom stereocenters. The van der Waals surface area contributed by atoms with Crippen molar-refractivity contribution < 1.29 is 0 Å². The number of rotatable bonds is 4. The van der Waals surface area contributed by atoms with Crippen molar-refractivity contribution in [3.05, 3.63) is 29.6 Å². The van der Waals surface area contributed by atoms with E-state index in [-0.39, 0.29) is 0 Å². The first-order chi connectivity index (χ1) is 7.29. The van der Waals surface area contributed by atoms with Crippen molar-refractivity contribution in [1.82, 2.24) is 15.1 Å². The van der Waals surface area contributed by atoms with Crippen molar-refractivity contribution in [1.29, 1.82) is 0 Å². The number of aromatic nitrogens is 2. The normalized spacial score (nSPS) is 16.4. The molecule has 1 aliphatic carbocycles. The molecule has 82 valence electrons. The second-order valence-electron chi connectivity index (χ2n) is 4.12. The molecule has 0 saturated heterocycles. The van der Waals surface area contributed by atoms with Gasteiger partial charge in [-0.05, 0) is 25.3 Å². The van der Waals surface area contributed by atoms with Gasteiger partial charge in [0.25, 0.3) is 0 Å². The van der Waals surface area contributed by atoms with Gasteiger partial charge in [-0.25, -0.2) is 0 Å². The highest BCUT2D eigenvalue weighted by Crippen LogP contribution is 2.10. The zero-order valence-electron chi connectivity index (χ0n) is 9.53. The van der Waals surface area contributed by atoms with Crippen molar-refractivity contribution in [2.75, 3.05) is 0 Å². The predicted octanol–water partition coefficient (Wildman–Crippen LogP) is 1.79. The molecule has 3 nitrogen and oxygen atoms in total. The van der Waals surface area contributed by atoms with Gasteiger partial charge in [-0.1, -0.05) is 19.1 Å². The highest BCUT2D eigenvalue weighted by atomic mass is 15.3. The number of nitrogens with one attached hydrogen (secondary N) is 1. The van der Waals surface area contributed by atoms with E-state index in [2.05, 4.69) is 35.6 Å². The Kier molecular flexibility index (Phi) is 3.21. The standard InChI is InChI=1S/C12H19N3/c1-3-10-8-12(15(2)14-10)9-13-11-6-4-5-7-11/h4-5,8,11,13H,3,6-7,9H2,1-2H3. The lowest BCUT2D eigenvalue weighted by atomic mass is 10.2. The Hall–Kier alpha value is -1.09. The van der Waals surface area contributed by atoms with Crippen LogP contribution in [0.2, 0.25) is 0 Å². The molecule has 0 aliphatic heterocycles. The van der Waals surface area contributed by atoms with Gasteiger partial charge in [-0.3, -0.25) is 4.68 Å². The fourth-order valence-electron chi connectivity index (χ4n) is 1.94. The molecule has 0 saturated carbocycles. The molecule has 1 aromatic heterocycles. The summed E-state index contributed by atoms with van der Waals surface area (Å²) in [5, 5.41) is 7.99. The van der Waals surface area contributed by atoms with Crippen LogP contribution in [0.15, 0.2) is 18.2 Å². The van der Waals surface area contributed by atoms with E-state index < -0.39 is 0 Å². The van der Waals surface area contributed by atoms with Gasteiger partial charge in [0.1, 0.15) is 0 Å². The van der Waals surface area contributed by atoms with Crippen molar-refractivity contribution in [3.63, 3.8) is 0 Å². The molecule has 2 rings (SSSR count). The lowest BCUT2D eigenvalue weighted by molar-refractivity contribution is 0.519. The van der Waals surface area contributed by atoms with Crippen LogP contribution in [-0.4, -0.2) is 15.8 Å². The zero-order chi connectivity index (χ0) is 10.7. The highest BCUT2D eigenvalue weighted by Gasteiger charge is 2.10. The number of hydrogen-bond acceptors (Lipinski definition) is 2. The van der Waals surface area contributed by atoms with E-state index in [1.54, 1.807) is 0 Å². The van der Waals surface area contributed by atoms with Gasteiger partial charge >= 0.3 is 0 Å². The quantitative estimate of drug-likeness (QED) is 0.759. The molecule has 1 aromatic rings. The van der Waals surface area contributed by atoms with Crippen molar-refractivity contribution >= 4 is 0 Å². The molecule has 1 N–H and O–H groups in total. The first kappa shape index (κ1) is 10.4. The SMILES string of the molecule is CCc1cc(CNC2CC=CC2)n(C)n1. The lowest BCUT2D eigenvalue weighted by Gasteiger charge is -2.11. The molecule has 1 heterocycles. The third-order valence-corrected chi connectivity index (χ3v) is 2.97. The van der Waals surface area contributed by atoms with Gasteiger partial charge in [-0.2, -0.15) is 5.10 Å². The summed E-state index contributed by atoms with van der Waals surface area (Å²) in [6.45, 7) is 3.07. The van der Waals surface area contributed by atoms with Gasteiger partial charge in [0, 0.05) is 19.6 Å². The molecular formula is C12H19N3. The van der Waals surface area contributed by atoms with E-state index in [4.69, 9.17) is 0 Å². The fraction of sp³-hybridized carbons (Fsp3) is 0.583. The third-order valence-electron chi connectivity index (χ3n) is 2.97. The van der Waals surface area contributed by atoms with Crippen LogP contribution in [0.25, 0.3) is 0 Å². The Morgan fingerprint density at radius 1 is 1.47 bits per heavy atom. The maximum absolute atomic E-state index is 4.44. The van der Waals surface area contributed by atoms with E-state index >= 15 is 0 Å². The van der Waals surface area contributed by atoms with Crippen LogP contribution in [0.5, 0.6) is 0 Å². The second kappa shape index (κ2) is 4.62. The first-order valence-corrected chi connectivity index (χ1v) is 5.69. The summed E-state index contributed by atoms with van der Waals surface area (Å²) < 4.78 is 1.98. The smallest absolute Gasteiger partial charge is 0.0625 e. The largest absolute Gasteiger partial charge is 0.308 e. The average Bonchev–Trinajstić information content (AvgIpc) is 2.84. The molecule has 0 fully saturated rings. The van der Waals surface area contributed by atoms with Crippen LogP contribution in [0.1, 0.15) is 31.2 Å². The Labute approximate surface area is 91.2 Å². The predicted molar refractivity (Wildman–Crippen MR) is 61.6 cm³/mol. The first-order valence-electron chi connectivity index (χ1n) is 5.69. The minimum atomic E-state index is 0.630. The summed E-state index contributed by atoms with van der Waals surface area (Å²) in [6.07, 6.45) is 7.84. The summed E-state index contributed by atoms with van der Waals surface area (Å²) in [7, 11) is 2.02. The number of nitrogens with zero attached hydrogens (tertiary/aromatic N) is 2. The van der Waals surface area contributed by atoms with E-state index in [9.17, 15) is 0 Å². The minimum Gasteiger partial charge on any atom is -0.308 e. The minimum absolute atomic E-state index is 0.630. The van der Waals surface area contributed by atoms with Crippen LogP contribution in [0, 0.1) is 0 Å². The van der Waals surface area contributed by atoms with Crippen LogP contribution in [0.4, 0.5) is 0 Å². The summed E-state index contributed by atoms with van der Waals surface area (Å²) in [5.41, 5.74) is 2.46. The monoisotopic (exact) mass is 205 g/mol. The number of hydrogen-bond donors (Lipinski definition) is 1. The summed E-state index contributed by atoms with van der Waals surface area (Å²) in [6, 6.07) is 2.82. The van der Waals surface area contributed by atoms with Crippen LogP contribution >= 0.6 is 0 Å². The van der Waals surface area contributed by atoms with Gasteiger partial charge in [0.05, 0.1) is 11.4 Å². The van der Waals surface area contributed by atoms with Gasteiger partial charge in [0.15, 0.2) is 0 Å². The summed E-state index contributed by atoms with van der Waals surface area (Å²) >= 11 is 0. The molecular weight excluding hydrogens is 186 g/mol. The highest BCUT2D eigenvalue weighted by molar-refractivity contribution is 5.10. The van der Waals surface area contributed by atoms with Crippen LogP contribution in [0.3, 0.4) is 0 Å². The molecule has 0 radical (unpaired) electrons. The Bertz CT molecular complexity index is 344. The van der Waals surface area contributed by atoms with Crippen LogP contribution in [-0.2, 0) is 20.0 Å². The maximum Gasteiger partial charge on any atom is 0.0625 e. The second-order valence-corrected chi connectivity index (χ2v) is 4.12. The molecule has 3 heteroatoms. The summed E-state index contributed by atoms with van der Waals surface area (Å²) in [5.74, 6) is 0. The van der Waals surface area contributed by atoms with Gasteiger partial charge < -0.3 is 5.32 Å². The van der Waals surface area contributed by atoms with Crippen LogP contribution < -0.4 is 5.32 Å². The molecule has 15 heavy (non-hydrogen) atoms. The molecule has 0 bridgehead atoms. The molecule has 0 aromatic carbocycles. The Morgan fingerprint density at radius 3 is 2.80 bits per heavy atom. The van der Waals surface area contributed by atoms with E-state index in [0.29, 0.717) is 6.04 Å². The molecule has 0 spiro atoms. The molecule has 1 aliphatic rings. The number of aryl methyl sites for hydroxylation is 2. The van der Waals surface area contributed by atoms with Gasteiger partial charge in [0.2, 0.25) is 0 Å². The van der Waals surface area contributed by atoms with Crippen molar-refractivity contribution in [2.24, 2.45) is 7.05 Å². The molecule has 0 amide bonds. The lowest BCUT2D eigenvalue weighted by Crippen LogP contribution is -2.26. The maximum atomic E-state index is 4.44. The van der Waals surface area contributed by atoms with E-state index in [1.807, 2.05) is 11.7 Å². The van der Waals surface area contributed by atoms with E-state index in [0.717, 1.165) is 13.0 Å². The van der Waals surface area contributed by atoms with Gasteiger partial charge in [-0.15, -0.1) is 0 Å². The zero-order valence-corrected chi connectivity index (χ0v) is 9.53. The average molecular weight is 205 g/mol. The molecule has 0 atom stereocenters. The third kappa shape index (κ3) is 2.48. The van der Waals surface area contributed by atoms with E-state index in [1.165, 1.54) is 24.2 Å². The summed E-state index contributed by atoms with van der Waals surface area (Å²) in [4.78, 5) is 0. The Morgan fingerprint density at radius 2 is 2.20 bits per heavy atom. The van der Waals surface area contributed by atoms with Crippen molar-refractivity contribution in [2.45, 2.75) is 38.8 Å². The fourth-order valence-corrected chi connectivity index (χ4v) is 1.94. The van der Waals surface area contributed by atoms with Crippen molar-refractivity contribution in [3.8, 4) is 0 Å². The topological polar surface area (TPSA) is 29.9 Å².